The lowest BCUT2D eigenvalue weighted by atomic mass is 10.1. The molecule has 1 amide bonds. The Morgan fingerprint density at radius 2 is 1.55 bits per heavy atom. The van der Waals surface area contributed by atoms with Crippen LogP contribution in [0.15, 0.2) is 12.7 Å². The molecule has 0 aromatic carbocycles. The second-order valence-corrected chi connectivity index (χ2v) is 7.83. The molecule has 0 spiro atoms. The Bertz CT molecular complexity index is 713. The molecule has 170 valence electrons. The molecule has 0 N–H and O–H groups in total. The van der Waals surface area contributed by atoms with Gasteiger partial charge < -0.3 is 18.9 Å². The van der Waals surface area contributed by atoms with Crippen LogP contribution in [0.3, 0.4) is 0 Å². The number of rotatable bonds is 10. The molecule has 14 heteroatoms. The minimum Gasteiger partial charge on any atom is -0.743 e. The Kier molecular flexibility index (Phi) is 8.76. The van der Waals surface area contributed by atoms with Crippen LogP contribution in [-0.2, 0) is 29.2 Å². The Morgan fingerprint density at radius 3 is 1.86 bits per heavy atom. The molecule has 29 heavy (non-hydrogen) atoms. The van der Waals surface area contributed by atoms with Crippen LogP contribution >= 0.6 is 0 Å². The van der Waals surface area contributed by atoms with Crippen molar-refractivity contribution in [2.75, 3.05) is 6.61 Å². The third-order valence-corrected chi connectivity index (χ3v) is 4.41. The van der Waals surface area contributed by atoms with E-state index in [1.165, 1.54) is 27.7 Å². The topological polar surface area (TPSA) is 113 Å². The minimum absolute atomic E-state index is 0.281. The lowest BCUT2D eigenvalue weighted by Gasteiger charge is -2.40. The molecular weight excluding hydrogens is 433 g/mol. The number of esters is 1. The smallest absolute Gasteiger partial charge is 0.466 e. The molecule has 1 unspecified atom stereocenters. The molecule has 8 nitrogen and oxygen atoms in total. The van der Waals surface area contributed by atoms with Gasteiger partial charge in [-0.3, -0.25) is 4.79 Å². The van der Waals surface area contributed by atoms with Crippen molar-refractivity contribution in [3.8, 4) is 0 Å². The molecule has 0 aliphatic carbocycles. The maximum Gasteiger partial charge on any atom is 0.466 e. The lowest BCUT2D eigenvalue weighted by Crippen LogP contribution is -2.64. The highest BCUT2D eigenvalue weighted by Crippen LogP contribution is 2.39. The van der Waals surface area contributed by atoms with Gasteiger partial charge >= 0.3 is 29.1 Å². The number of halogens is 5. The van der Waals surface area contributed by atoms with Crippen LogP contribution in [-0.4, -0.2) is 65.7 Å². The van der Waals surface area contributed by atoms with E-state index < -0.39 is 64.3 Å². The fraction of sp³-hybridized carbons (Fsp3) is 0.733. The van der Waals surface area contributed by atoms with Gasteiger partial charge in [0.15, 0.2) is 10.1 Å². The van der Waals surface area contributed by atoms with Gasteiger partial charge in [-0.2, -0.15) is 22.0 Å². The zero-order chi connectivity index (χ0) is 23.4. The Labute approximate surface area is 164 Å². The van der Waals surface area contributed by atoms with Crippen molar-refractivity contribution in [1.82, 2.24) is 4.90 Å². The van der Waals surface area contributed by atoms with Crippen LogP contribution in [0.2, 0.25) is 0 Å². The number of hydrogen-bond acceptors (Lipinski definition) is 7. The van der Waals surface area contributed by atoms with E-state index in [4.69, 9.17) is 0 Å². The molecule has 0 aromatic rings. The highest BCUT2D eigenvalue weighted by Gasteiger charge is 2.68. The summed E-state index contributed by atoms with van der Waals surface area (Å²) < 4.78 is 108. The standard InChI is InChI=1S/C15H22F5NO7S/c1-6-11(22)28-14(15(18,19)20,12(23)21(9(2)3)10(4)5)27-8-7-13(16,17)29(24,25)26/h6,9-10H,1,7-8H2,2-5H3,(H,24,25,26)/p-1. The zero-order valence-electron chi connectivity index (χ0n) is 16.0. The average Bonchev–Trinajstić information content (AvgIpc) is 2.50. The molecular formula is C15H21F5NO7S-. The van der Waals surface area contributed by atoms with E-state index in [2.05, 4.69) is 16.1 Å². The quantitative estimate of drug-likeness (QED) is 0.163. The first kappa shape index (κ1) is 27.2. The van der Waals surface area contributed by atoms with E-state index >= 15 is 0 Å². The molecule has 0 saturated heterocycles. The molecule has 0 heterocycles. The molecule has 0 saturated carbocycles. The number of amides is 1. The normalized spacial score (nSPS) is 15.2. The molecule has 1 atom stereocenters. The summed E-state index contributed by atoms with van der Waals surface area (Å²) in [6.07, 6.45) is -7.49. The largest absolute Gasteiger partial charge is 0.743 e. The van der Waals surface area contributed by atoms with Crippen LogP contribution in [0.1, 0.15) is 34.1 Å². The lowest BCUT2D eigenvalue weighted by molar-refractivity contribution is -0.352. The Balaban J connectivity index is 6.25. The number of carbonyl (C=O) groups excluding carboxylic acids is 2. The van der Waals surface area contributed by atoms with E-state index in [0.29, 0.717) is 4.90 Å². The van der Waals surface area contributed by atoms with Gasteiger partial charge in [0.2, 0.25) is 0 Å². The van der Waals surface area contributed by atoms with Crippen molar-refractivity contribution in [3.63, 3.8) is 0 Å². The first-order chi connectivity index (χ1) is 12.8. The first-order valence-corrected chi connectivity index (χ1v) is 9.47. The molecule has 0 fully saturated rings. The average molecular weight is 454 g/mol. The zero-order valence-corrected chi connectivity index (χ0v) is 16.8. The van der Waals surface area contributed by atoms with Gasteiger partial charge in [0.1, 0.15) is 0 Å². The van der Waals surface area contributed by atoms with Crippen molar-refractivity contribution >= 4 is 22.0 Å². The first-order valence-electron chi connectivity index (χ1n) is 8.06. The maximum atomic E-state index is 13.8. The predicted octanol–water partition coefficient (Wildman–Crippen LogP) is 2.16. The molecule has 0 rings (SSSR count). The van der Waals surface area contributed by atoms with E-state index in [1.54, 1.807) is 0 Å². The summed E-state index contributed by atoms with van der Waals surface area (Å²) in [4.78, 5) is 24.8. The van der Waals surface area contributed by atoms with Crippen molar-refractivity contribution in [2.45, 2.75) is 63.4 Å². The molecule has 0 bridgehead atoms. The van der Waals surface area contributed by atoms with Gasteiger partial charge in [-0.1, -0.05) is 6.58 Å². The van der Waals surface area contributed by atoms with Crippen LogP contribution in [0.5, 0.6) is 0 Å². The van der Waals surface area contributed by atoms with E-state index in [9.17, 15) is 44.5 Å². The van der Waals surface area contributed by atoms with Crippen molar-refractivity contribution in [1.29, 1.82) is 0 Å². The Morgan fingerprint density at radius 1 is 1.10 bits per heavy atom. The second kappa shape index (κ2) is 9.34. The molecule has 0 aliphatic heterocycles. The van der Waals surface area contributed by atoms with Gasteiger partial charge in [-0.25, -0.2) is 13.2 Å². The number of hydrogen-bond donors (Lipinski definition) is 0. The number of alkyl halides is 5. The van der Waals surface area contributed by atoms with Crippen LogP contribution in [0.4, 0.5) is 22.0 Å². The highest BCUT2D eigenvalue weighted by molar-refractivity contribution is 7.86. The Hall–Kier alpha value is -1.80. The summed E-state index contributed by atoms with van der Waals surface area (Å²) >= 11 is 0. The number of ether oxygens (including phenoxy) is 2. The van der Waals surface area contributed by atoms with Crippen molar-refractivity contribution < 1.29 is 54.0 Å². The molecule has 0 aliphatic rings. The van der Waals surface area contributed by atoms with Crippen LogP contribution in [0.25, 0.3) is 0 Å². The van der Waals surface area contributed by atoms with Crippen LogP contribution in [0, 0.1) is 0 Å². The number of carbonyl (C=O) groups is 2. The third kappa shape index (κ3) is 6.34. The van der Waals surface area contributed by atoms with Crippen LogP contribution < -0.4 is 0 Å². The summed E-state index contributed by atoms with van der Waals surface area (Å²) in [6.45, 7) is 6.49. The summed E-state index contributed by atoms with van der Waals surface area (Å²) in [7, 11) is -6.21. The second-order valence-electron chi connectivity index (χ2n) is 6.33. The monoisotopic (exact) mass is 454 g/mol. The SMILES string of the molecule is C=CC(=O)OC(OCCC(F)(F)S(=O)(=O)[O-])(C(=O)N(C(C)C)C(C)C)C(F)(F)F. The highest BCUT2D eigenvalue weighted by atomic mass is 32.2. The molecule has 0 radical (unpaired) electrons. The summed E-state index contributed by atoms with van der Waals surface area (Å²) in [6, 6.07) is -1.72. The van der Waals surface area contributed by atoms with Crippen molar-refractivity contribution in [2.24, 2.45) is 0 Å². The fourth-order valence-electron chi connectivity index (χ4n) is 2.25. The van der Waals surface area contributed by atoms with E-state index in [0.717, 1.165) is 0 Å². The van der Waals surface area contributed by atoms with Gasteiger partial charge in [0.05, 0.1) is 6.61 Å². The van der Waals surface area contributed by atoms with Gasteiger partial charge in [0, 0.05) is 24.6 Å². The predicted molar refractivity (Wildman–Crippen MR) is 87.4 cm³/mol. The van der Waals surface area contributed by atoms with Gasteiger partial charge in [0.25, 0.3) is 0 Å². The summed E-state index contributed by atoms with van der Waals surface area (Å²) in [5.74, 6) is -8.06. The maximum absolute atomic E-state index is 13.8. The van der Waals surface area contributed by atoms with Gasteiger partial charge in [-0.05, 0) is 27.7 Å². The summed E-state index contributed by atoms with van der Waals surface area (Å²) in [5, 5.41) is -4.98. The minimum atomic E-state index is -6.21. The summed E-state index contributed by atoms with van der Waals surface area (Å²) in [5.41, 5.74) is 0. The third-order valence-electron chi connectivity index (χ3n) is 3.48. The molecule has 0 aromatic heterocycles. The van der Waals surface area contributed by atoms with E-state index in [1.807, 2.05) is 0 Å². The van der Waals surface area contributed by atoms with Gasteiger partial charge in [-0.15, -0.1) is 0 Å². The van der Waals surface area contributed by atoms with E-state index in [-0.39, 0.29) is 6.08 Å². The fourth-order valence-corrected chi connectivity index (χ4v) is 2.59. The van der Waals surface area contributed by atoms with Crippen molar-refractivity contribution in [3.05, 3.63) is 12.7 Å². The number of nitrogens with zero attached hydrogens (tertiary/aromatic N) is 1.